The summed E-state index contributed by atoms with van der Waals surface area (Å²) >= 11 is 0. The van der Waals surface area contributed by atoms with Gasteiger partial charge in [-0.05, 0) is 18.9 Å². The minimum absolute atomic E-state index is 0.133. The van der Waals surface area contributed by atoms with Crippen molar-refractivity contribution in [3.8, 4) is 0 Å². The second-order valence-corrected chi connectivity index (χ2v) is 6.32. The van der Waals surface area contributed by atoms with Crippen LogP contribution >= 0.6 is 0 Å². The molecule has 140 valence electrons. The van der Waals surface area contributed by atoms with Crippen LogP contribution in [0.25, 0.3) is 5.76 Å². The van der Waals surface area contributed by atoms with Crippen molar-refractivity contribution in [1.82, 2.24) is 4.90 Å². The summed E-state index contributed by atoms with van der Waals surface area (Å²) in [5, 5.41) is 10.8. The molecule has 0 spiro atoms. The SMILES string of the molecule is CCOCCCN1C(=O)C(=O)/C(=C(/O)c2ccccc2)C1c1ccccc1. The summed E-state index contributed by atoms with van der Waals surface area (Å²) in [6.07, 6.45) is 0.621. The Balaban J connectivity index is 2.03. The lowest BCUT2D eigenvalue weighted by Gasteiger charge is -2.25. The molecule has 1 heterocycles. The van der Waals surface area contributed by atoms with Crippen molar-refractivity contribution < 1.29 is 19.4 Å². The number of benzene rings is 2. The maximum absolute atomic E-state index is 12.8. The molecule has 0 aliphatic carbocycles. The second kappa shape index (κ2) is 8.64. The van der Waals surface area contributed by atoms with Gasteiger partial charge in [0.25, 0.3) is 11.7 Å². The summed E-state index contributed by atoms with van der Waals surface area (Å²) in [6.45, 7) is 3.42. The van der Waals surface area contributed by atoms with Crippen LogP contribution in [0.1, 0.15) is 30.5 Å². The van der Waals surface area contributed by atoms with Gasteiger partial charge in [0.2, 0.25) is 0 Å². The van der Waals surface area contributed by atoms with Gasteiger partial charge in [-0.25, -0.2) is 0 Å². The maximum atomic E-state index is 12.8. The van der Waals surface area contributed by atoms with E-state index in [0.717, 1.165) is 5.56 Å². The van der Waals surface area contributed by atoms with E-state index in [1.54, 1.807) is 24.3 Å². The first-order valence-corrected chi connectivity index (χ1v) is 9.11. The molecule has 0 saturated carbocycles. The molecule has 1 unspecified atom stereocenters. The van der Waals surface area contributed by atoms with Gasteiger partial charge in [0.1, 0.15) is 5.76 Å². The number of aliphatic hydroxyl groups is 1. The summed E-state index contributed by atoms with van der Waals surface area (Å²) < 4.78 is 5.36. The van der Waals surface area contributed by atoms with Crippen LogP contribution in [0.15, 0.2) is 66.2 Å². The molecule has 1 fully saturated rings. The molecule has 1 saturated heterocycles. The zero-order valence-electron chi connectivity index (χ0n) is 15.3. The minimum atomic E-state index is -0.651. The van der Waals surface area contributed by atoms with E-state index in [1.807, 2.05) is 43.3 Å². The first kappa shape index (κ1) is 18.9. The highest BCUT2D eigenvalue weighted by Gasteiger charge is 2.45. The van der Waals surface area contributed by atoms with E-state index < -0.39 is 17.7 Å². The number of ketones is 1. The van der Waals surface area contributed by atoms with Crippen LogP contribution in [-0.4, -0.2) is 41.5 Å². The number of amides is 1. The van der Waals surface area contributed by atoms with E-state index >= 15 is 0 Å². The number of hydrogen-bond donors (Lipinski definition) is 1. The number of Topliss-reactive ketones (excluding diaryl/α,β-unsaturated/α-hetero) is 1. The van der Waals surface area contributed by atoms with Crippen molar-refractivity contribution in [3.05, 3.63) is 77.4 Å². The topological polar surface area (TPSA) is 66.8 Å². The number of rotatable bonds is 7. The predicted octanol–water partition coefficient (Wildman–Crippen LogP) is 3.53. The quantitative estimate of drug-likeness (QED) is 0.353. The van der Waals surface area contributed by atoms with Gasteiger partial charge in [-0.15, -0.1) is 0 Å². The fraction of sp³-hybridized carbons (Fsp3) is 0.273. The molecular formula is C22H23NO4. The Morgan fingerprint density at radius 2 is 1.67 bits per heavy atom. The summed E-state index contributed by atoms with van der Waals surface area (Å²) in [5.41, 5.74) is 1.45. The van der Waals surface area contributed by atoms with Crippen molar-refractivity contribution in [2.75, 3.05) is 19.8 Å². The average Bonchev–Trinajstić information content (AvgIpc) is 2.97. The summed E-state index contributed by atoms with van der Waals surface area (Å²) in [7, 11) is 0. The summed E-state index contributed by atoms with van der Waals surface area (Å²) in [5.74, 6) is -1.38. The van der Waals surface area contributed by atoms with Crippen LogP contribution in [-0.2, 0) is 14.3 Å². The molecule has 1 N–H and O–H groups in total. The molecule has 1 aliphatic rings. The molecule has 1 aliphatic heterocycles. The van der Waals surface area contributed by atoms with E-state index in [9.17, 15) is 14.7 Å². The molecule has 3 rings (SSSR count). The van der Waals surface area contributed by atoms with Crippen LogP contribution in [0.4, 0.5) is 0 Å². The molecule has 5 nitrogen and oxygen atoms in total. The molecule has 1 amide bonds. The van der Waals surface area contributed by atoms with E-state index in [2.05, 4.69) is 0 Å². The fourth-order valence-corrected chi connectivity index (χ4v) is 3.33. The number of hydrogen-bond acceptors (Lipinski definition) is 4. The molecule has 0 radical (unpaired) electrons. The third-order valence-electron chi connectivity index (χ3n) is 4.59. The highest BCUT2D eigenvalue weighted by molar-refractivity contribution is 6.46. The van der Waals surface area contributed by atoms with Crippen molar-refractivity contribution in [1.29, 1.82) is 0 Å². The van der Waals surface area contributed by atoms with Gasteiger partial charge in [0, 0.05) is 25.3 Å². The minimum Gasteiger partial charge on any atom is -0.507 e. The number of carbonyl (C=O) groups is 2. The van der Waals surface area contributed by atoms with Crippen molar-refractivity contribution in [2.45, 2.75) is 19.4 Å². The largest absolute Gasteiger partial charge is 0.507 e. The van der Waals surface area contributed by atoms with Crippen LogP contribution < -0.4 is 0 Å². The smallest absolute Gasteiger partial charge is 0.295 e. The number of ether oxygens (including phenoxy) is 1. The predicted molar refractivity (Wildman–Crippen MR) is 103 cm³/mol. The Labute approximate surface area is 158 Å². The van der Waals surface area contributed by atoms with Gasteiger partial charge < -0.3 is 14.7 Å². The summed E-state index contributed by atoms with van der Waals surface area (Å²) in [6, 6.07) is 17.6. The monoisotopic (exact) mass is 365 g/mol. The number of aliphatic hydroxyl groups excluding tert-OH is 1. The number of likely N-dealkylation sites (tertiary alicyclic amines) is 1. The van der Waals surface area contributed by atoms with Gasteiger partial charge in [0.15, 0.2) is 0 Å². The standard InChI is InChI=1S/C22H23NO4/c1-2-27-15-9-14-23-19(16-10-5-3-6-11-16)18(21(25)22(23)26)20(24)17-12-7-4-8-13-17/h3-8,10-13,19,24H,2,9,14-15H2,1H3/b20-18+. The Morgan fingerprint density at radius 3 is 2.30 bits per heavy atom. The van der Waals surface area contributed by atoms with Gasteiger partial charge in [-0.3, -0.25) is 9.59 Å². The van der Waals surface area contributed by atoms with Gasteiger partial charge in [0.05, 0.1) is 11.6 Å². The van der Waals surface area contributed by atoms with E-state index in [1.165, 1.54) is 4.90 Å². The molecular weight excluding hydrogens is 342 g/mol. The van der Waals surface area contributed by atoms with E-state index in [0.29, 0.717) is 31.7 Å². The van der Waals surface area contributed by atoms with Crippen LogP contribution in [0.2, 0.25) is 0 Å². The number of nitrogens with zero attached hydrogens (tertiary/aromatic N) is 1. The molecule has 0 aromatic heterocycles. The first-order valence-electron chi connectivity index (χ1n) is 9.11. The zero-order valence-corrected chi connectivity index (χ0v) is 15.3. The lowest BCUT2D eigenvalue weighted by atomic mass is 9.95. The summed E-state index contributed by atoms with van der Waals surface area (Å²) in [4.78, 5) is 27.0. The van der Waals surface area contributed by atoms with E-state index in [4.69, 9.17) is 4.74 Å². The third kappa shape index (κ3) is 3.93. The first-order chi connectivity index (χ1) is 13.1. The van der Waals surface area contributed by atoms with Crippen molar-refractivity contribution in [2.24, 2.45) is 0 Å². The Bertz CT molecular complexity index is 830. The van der Waals surface area contributed by atoms with Crippen molar-refractivity contribution >= 4 is 17.4 Å². The molecule has 1 atom stereocenters. The third-order valence-corrected chi connectivity index (χ3v) is 4.59. The van der Waals surface area contributed by atoms with Gasteiger partial charge in [-0.1, -0.05) is 60.7 Å². The Kier molecular flexibility index (Phi) is 6.04. The molecule has 0 bridgehead atoms. The van der Waals surface area contributed by atoms with Gasteiger partial charge >= 0.3 is 0 Å². The normalized spacial score (nSPS) is 18.9. The highest BCUT2D eigenvalue weighted by Crippen LogP contribution is 2.39. The highest BCUT2D eigenvalue weighted by atomic mass is 16.5. The molecule has 27 heavy (non-hydrogen) atoms. The zero-order chi connectivity index (χ0) is 19.2. The maximum Gasteiger partial charge on any atom is 0.295 e. The van der Waals surface area contributed by atoms with Crippen LogP contribution in [0.3, 0.4) is 0 Å². The number of carbonyl (C=O) groups excluding carboxylic acids is 2. The van der Waals surface area contributed by atoms with E-state index in [-0.39, 0.29) is 11.3 Å². The van der Waals surface area contributed by atoms with Crippen molar-refractivity contribution in [3.63, 3.8) is 0 Å². The Morgan fingerprint density at radius 1 is 1.04 bits per heavy atom. The molecule has 2 aromatic rings. The molecule has 2 aromatic carbocycles. The lowest BCUT2D eigenvalue weighted by Crippen LogP contribution is -2.31. The van der Waals surface area contributed by atoms with Gasteiger partial charge in [-0.2, -0.15) is 0 Å². The Hall–Kier alpha value is -2.92. The average molecular weight is 365 g/mol. The second-order valence-electron chi connectivity index (χ2n) is 6.32. The molecule has 5 heteroatoms. The van der Waals surface area contributed by atoms with Crippen LogP contribution in [0, 0.1) is 0 Å². The van der Waals surface area contributed by atoms with Crippen LogP contribution in [0.5, 0.6) is 0 Å². The lowest BCUT2D eigenvalue weighted by molar-refractivity contribution is -0.140. The fourth-order valence-electron chi connectivity index (χ4n) is 3.33.